The van der Waals surface area contributed by atoms with Gasteiger partial charge < -0.3 is 14.5 Å². The van der Waals surface area contributed by atoms with Crippen molar-refractivity contribution in [3.05, 3.63) is 30.3 Å². The topological polar surface area (TPSA) is 49.9 Å². The molecule has 0 saturated carbocycles. The van der Waals surface area contributed by atoms with Crippen molar-refractivity contribution in [2.24, 2.45) is 0 Å². The molecular formula is C18H26N2O3. The molecule has 0 aromatic heterocycles. The van der Waals surface area contributed by atoms with Crippen LogP contribution < -0.4 is 4.74 Å². The van der Waals surface area contributed by atoms with Gasteiger partial charge in [-0.2, -0.15) is 0 Å². The number of hydrogen-bond donors (Lipinski definition) is 0. The third kappa shape index (κ3) is 4.71. The molecule has 1 atom stereocenters. The van der Waals surface area contributed by atoms with Crippen LogP contribution in [0, 0.1) is 0 Å². The van der Waals surface area contributed by atoms with E-state index in [-0.39, 0.29) is 17.9 Å². The first-order chi connectivity index (χ1) is 11.1. The van der Waals surface area contributed by atoms with E-state index in [9.17, 15) is 9.59 Å². The Bertz CT molecular complexity index is 518. The van der Waals surface area contributed by atoms with Crippen LogP contribution in [0.15, 0.2) is 30.3 Å². The minimum atomic E-state index is -0.307. The molecule has 1 aliphatic rings. The first-order valence-corrected chi connectivity index (χ1v) is 8.35. The number of ether oxygens (including phenoxy) is 1. The second-order valence-corrected chi connectivity index (χ2v) is 5.92. The number of carbonyl (C=O) groups is 2. The summed E-state index contributed by atoms with van der Waals surface area (Å²) in [5.74, 6) is 0.822. The van der Waals surface area contributed by atoms with Gasteiger partial charge in [0.15, 0.2) is 0 Å². The van der Waals surface area contributed by atoms with Crippen molar-refractivity contribution in [3.8, 4) is 5.75 Å². The van der Waals surface area contributed by atoms with E-state index in [1.807, 2.05) is 37.4 Å². The van der Waals surface area contributed by atoms with Gasteiger partial charge in [0.1, 0.15) is 11.8 Å². The maximum Gasteiger partial charge on any atom is 0.245 e. The van der Waals surface area contributed by atoms with Gasteiger partial charge in [0, 0.05) is 20.1 Å². The molecule has 1 aromatic rings. The fourth-order valence-electron chi connectivity index (χ4n) is 2.80. The molecule has 0 spiro atoms. The molecule has 0 bridgehead atoms. The number of hydrogen-bond acceptors (Lipinski definition) is 3. The molecule has 1 fully saturated rings. The van der Waals surface area contributed by atoms with Gasteiger partial charge in [-0.15, -0.1) is 0 Å². The number of carbonyl (C=O) groups excluding carboxylic acids is 2. The number of nitrogens with zero attached hydrogens (tertiary/aromatic N) is 2. The molecule has 2 amide bonds. The van der Waals surface area contributed by atoms with Crippen molar-refractivity contribution in [2.45, 2.75) is 38.6 Å². The smallest absolute Gasteiger partial charge is 0.245 e. The second-order valence-electron chi connectivity index (χ2n) is 5.92. The molecule has 1 heterocycles. The van der Waals surface area contributed by atoms with Crippen LogP contribution >= 0.6 is 0 Å². The van der Waals surface area contributed by atoms with Gasteiger partial charge in [-0.25, -0.2) is 0 Å². The minimum Gasteiger partial charge on any atom is -0.493 e. The van der Waals surface area contributed by atoms with Crippen LogP contribution in [0.1, 0.15) is 32.6 Å². The second kappa shape index (κ2) is 8.56. The minimum absolute atomic E-state index is 0.00323. The van der Waals surface area contributed by atoms with Crippen LogP contribution in [0.4, 0.5) is 0 Å². The van der Waals surface area contributed by atoms with E-state index in [4.69, 9.17) is 4.74 Å². The van der Waals surface area contributed by atoms with Crippen molar-refractivity contribution in [1.82, 2.24) is 9.80 Å². The Morgan fingerprint density at radius 3 is 2.70 bits per heavy atom. The van der Waals surface area contributed by atoms with Gasteiger partial charge in [-0.3, -0.25) is 9.59 Å². The summed E-state index contributed by atoms with van der Waals surface area (Å²) in [4.78, 5) is 28.3. The molecule has 0 radical (unpaired) electrons. The lowest BCUT2D eigenvalue weighted by Crippen LogP contribution is -2.57. The standard InChI is InChI=1S/C18H26N2O3/c1-3-4-10-16-18(22)19(2)12-13-20(16)17(21)11-14-23-15-8-6-5-7-9-15/h5-9,16H,3-4,10-14H2,1-2H3. The Kier molecular flexibility index (Phi) is 6.44. The van der Waals surface area contributed by atoms with E-state index in [0.29, 0.717) is 26.1 Å². The summed E-state index contributed by atoms with van der Waals surface area (Å²) in [7, 11) is 1.81. The summed E-state index contributed by atoms with van der Waals surface area (Å²) >= 11 is 0. The monoisotopic (exact) mass is 318 g/mol. The van der Waals surface area contributed by atoms with Crippen LogP contribution in [-0.2, 0) is 9.59 Å². The number of piperazine rings is 1. The zero-order valence-electron chi connectivity index (χ0n) is 14.0. The average Bonchev–Trinajstić information content (AvgIpc) is 2.57. The number of likely N-dealkylation sites (N-methyl/N-ethyl adjacent to an activating group) is 1. The fraction of sp³-hybridized carbons (Fsp3) is 0.556. The highest BCUT2D eigenvalue weighted by Crippen LogP contribution is 2.17. The van der Waals surface area contributed by atoms with Gasteiger partial charge in [0.05, 0.1) is 13.0 Å². The highest BCUT2D eigenvalue weighted by molar-refractivity contribution is 5.88. The van der Waals surface area contributed by atoms with Crippen LogP contribution in [0.3, 0.4) is 0 Å². The lowest BCUT2D eigenvalue weighted by molar-refractivity contribution is -0.150. The maximum atomic E-state index is 12.5. The summed E-state index contributed by atoms with van der Waals surface area (Å²) in [6.45, 7) is 3.65. The SMILES string of the molecule is CCCCC1C(=O)N(C)CCN1C(=O)CCOc1ccccc1. The Labute approximate surface area is 138 Å². The molecule has 0 aliphatic carbocycles. The predicted molar refractivity (Wildman–Crippen MR) is 89.2 cm³/mol. The van der Waals surface area contributed by atoms with Crippen LogP contribution in [-0.4, -0.2) is 54.4 Å². The molecule has 1 saturated heterocycles. The maximum absolute atomic E-state index is 12.5. The van der Waals surface area contributed by atoms with Crippen LogP contribution in [0.25, 0.3) is 0 Å². The largest absolute Gasteiger partial charge is 0.493 e. The molecule has 0 N–H and O–H groups in total. The highest BCUT2D eigenvalue weighted by atomic mass is 16.5. The van der Waals surface area contributed by atoms with Crippen molar-refractivity contribution in [1.29, 1.82) is 0 Å². The van der Waals surface area contributed by atoms with Crippen molar-refractivity contribution >= 4 is 11.8 Å². The molecular weight excluding hydrogens is 292 g/mol. The summed E-state index contributed by atoms with van der Waals surface area (Å²) in [5, 5.41) is 0. The van der Waals surface area contributed by atoms with Gasteiger partial charge in [-0.1, -0.05) is 38.0 Å². The Hall–Kier alpha value is -2.04. The molecule has 126 valence electrons. The van der Waals surface area contributed by atoms with Gasteiger partial charge >= 0.3 is 0 Å². The summed E-state index contributed by atoms with van der Waals surface area (Å²) in [6.07, 6.45) is 3.01. The molecule has 2 rings (SSSR count). The highest BCUT2D eigenvalue weighted by Gasteiger charge is 2.34. The van der Waals surface area contributed by atoms with Gasteiger partial charge in [0.25, 0.3) is 0 Å². The lowest BCUT2D eigenvalue weighted by Gasteiger charge is -2.39. The fourth-order valence-corrected chi connectivity index (χ4v) is 2.80. The van der Waals surface area contributed by atoms with E-state index in [1.54, 1.807) is 9.80 Å². The summed E-state index contributed by atoms with van der Waals surface area (Å²) in [6, 6.07) is 9.15. The Morgan fingerprint density at radius 1 is 1.26 bits per heavy atom. The van der Waals surface area contributed by atoms with Crippen LogP contribution in [0.2, 0.25) is 0 Å². The molecule has 23 heavy (non-hydrogen) atoms. The van der Waals surface area contributed by atoms with Gasteiger partial charge in [-0.05, 0) is 18.6 Å². The lowest BCUT2D eigenvalue weighted by atomic mass is 10.0. The average molecular weight is 318 g/mol. The third-order valence-electron chi connectivity index (χ3n) is 4.19. The van der Waals surface area contributed by atoms with Gasteiger partial charge in [0.2, 0.25) is 11.8 Å². The number of benzene rings is 1. The molecule has 1 unspecified atom stereocenters. The Balaban J connectivity index is 1.89. The first kappa shape index (κ1) is 17.3. The van der Waals surface area contributed by atoms with E-state index in [1.165, 1.54) is 0 Å². The molecule has 5 nitrogen and oxygen atoms in total. The van der Waals surface area contributed by atoms with E-state index < -0.39 is 0 Å². The quantitative estimate of drug-likeness (QED) is 0.775. The number of rotatable bonds is 7. The van der Waals surface area contributed by atoms with Crippen molar-refractivity contribution in [2.75, 3.05) is 26.7 Å². The first-order valence-electron chi connectivity index (χ1n) is 8.35. The van der Waals surface area contributed by atoms with E-state index in [0.717, 1.165) is 25.0 Å². The van der Waals surface area contributed by atoms with E-state index >= 15 is 0 Å². The normalized spacial score (nSPS) is 18.2. The zero-order valence-corrected chi connectivity index (χ0v) is 14.0. The number of para-hydroxylation sites is 1. The summed E-state index contributed by atoms with van der Waals surface area (Å²) < 4.78 is 5.59. The summed E-state index contributed by atoms with van der Waals surface area (Å²) in [5.41, 5.74) is 0. The van der Waals surface area contributed by atoms with Crippen molar-refractivity contribution < 1.29 is 14.3 Å². The molecule has 1 aromatic carbocycles. The number of amides is 2. The molecule has 5 heteroatoms. The third-order valence-corrected chi connectivity index (χ3v) is 4.19. The van der Waals surface area contributed by atoms with Crippen molar-refractivity contribution in [3.63, 3.8) is 0 Å². The molecule has 1 aliphatic heterocycles. The van der Waals surface area contributed by atoms with E-state index in [2.05, 4.69) is 6.92 Å². The zero-order chi connectivity index (χ0) is 16.7. The van der Waals surface area contributed by atoms with Crippen LogP contribution in [0.5, 0.6) is 5.75 Å². The predicted octanol–water partition coefficient (Wildman–Crippen LogP) is 2.31. The number of unbranched alkanes of at least 4 members (excludes halogenated alkanes) is 1. The Morgan fingerprint density at radius 2 is 2.00 bits per heavy atom.